The lowest BCUT2D eigenvalue weighted by Crippen LogP contribution is -2.32. The Balaban J connectivity index is 1.37. The minimum atomic E-state index is -3.54. The number of carboxylic acid groups (broad SMARTS) is 1. The summed E-state index contributed by atoms with van der Waals surface area (Å²) in [6, 6.07) is 19.4. The number of anilines is 1. The second kappa shape index (κ2) is 12.8. The highest BCUT2D eigenvalue weighted by atomic mass is 32.2. The number of nitrogens with zero attached hydrogens (tertiary/aromatic N) is 2. The van der Waals surface area contributed by atoms with Gasteiger partial charge in [0.1, 0.15) is 0 Å². The highest BCUT2D eigenvalue weighted by Gasteiger charge is 2.20. The van der Waals surface area contributed by atoms with E-state index in [9.17, 15) is 33.2 Å². The fourth-order valence-corrected chi connectivity index (χ4v) is 5.75. The van der Waals surface area contributed by atoms with Crippen LogP contribution >= 0.6 is 11.3 Å². The molecule has 4 rings (SSSR count). The normalized spacial score (nSPS) is 11.1. The summed E-state index contributed by atoms with van der Waals surface area (Å²) < 4.78 is 24.8. The van der Waals surface area contributed by atoms with Crippen LogP contribution in [0.25, 0.3) is 22.4 Å². The third-order valence-corrected chi connectivity index (χ3v) is 9.19. The number of carbonyl (C=O) groups is 3. The lowest BCUT2D eigenvalue weighted by Gasteiger charge is -2.10. The molecule has 42 heavy (non-hydrogen) atoms. The molecule has 0 aliphatic rings. The Labute approximate surface area is 246 Å². The van der Waals surface area contributed by atoms with Crippen LogP contribution < -0.4 is 10.6 Å². The molecule has 0 fully saturated rings. The number of carboxylic acids is 1. The van der Waals surface area contributed by atoms with Crippen molar-refractivity contribution in [2.24, 2.45) is 0 Å². The van der Waals surface area contributed by atoms with Crippen LogP contribution in [0.4, 0.5) is 5.13 Å². The summed E-state index contributed by atoms with van der Waals surface area (Å²) in [5.41, 5.74) is 3.10. The topological polar surface area (TPSA) is 166 Å². The van der Waals surface area contributed by atoms with Gasteiger partial charge in [-0.2, -0.15) is 5.26 Å². The van der Waals surface area contributed by atoms with Crippen LogP contribution in [0.1, 0.15) is 40.1 Å². The van der Waals surface area contributed by atoms with E-state index >= 15 is 0 Å². The average molecular weight is 603 g/mol. The first kappa shape index (κ1) is 30.1. The number of hydrogen-bond acceptors (Lipinski definition) is 9. The minimum Gasteiger partial charge on any atom is -0.478 e. The highest BCUT2D eigenvalue weighted by molar-refractivity contribution is 7.92. The number of aromatic carboxylic acids is 1. The molecular weight excluding hydrogens is 576 g/mol. The zero-order chi connectivity index (χ0) is 30.4. The Morgan fingerprint density at radius 1 is 0.952 bits per heavy atom. The van der Waals surface area contributed by atoms with Crippen molar-refractivity contribution in [2.45, 2.75) is 24.0 Å². The van der Waals surface area contributed by atoms with Crippen LogP contribution in [-0.4, -0.2) is 54.5 Å². The van der Waals surface area contributed by atoms with Crippen LogP contribution in [0, 0.1) is 11.3 Å². The number of aromatic nitrogens is 1. The van der Waals surface area contributed by atoms with Crippen molar-refractivity contribution in [1.29, 1.82) is 5.26 Å². The molecule has 4 aromatic rings. The van der Waals surface area contributed by atoms with Gasteiger partial charge in [-0.3, -0.25) is 9.59 Å². The summed E-state index contributed by atoms with van der Waals surface area (Å²) in [4.78, 5) is 41.0. The molecule has 0 saturated heterocycles. The third kappa shape index (κ3) is 7.06. The van der Waals surface area contributed by atoms with E-state index < -0.39 is 27.0 Å². The zero-order valence-corrected chi connectivity index (χ0v) is 24.3. The molecular formula is C30H26N4O6S2. The fourth-order valence-electron chi connectivity index (χ4n) is 3.93. The van der Waals surface area contributed by atoms with E-state index in [1.807, 2.05) is 24.3 Å². The number of carbonyl (C=O) groups excluding carboxylic acids is 2. The standard InChI is InChI=1S/C30H26N4O6S2/c1-18(2)42(39,40)26-8-4-7-22(13-26)28(36)32-15-25(35)16-33-30-34-27(17-41-30)21-6-3-5-20(11-21)23-9-19(14-31)10-24(12-23)29(37)38/h3-13,17-18H,15-16H2,1-2H3,(H,32,36)(H,33,34)(H,37,38). The fraction of sp³-hybridized carbons (Fsp3) is 0.167. The summed E-state index contributed by atoms with van der Waals surface area (Å²) in [7, 11) is -3.54. The maximum atomic E-state index is 12.5. The Morgan fingerprint density at radius 2 is 1.69 bits per heavy atom. The first-order chi connectivity index (χ1) is 20.0. The van der Waals surface area contributed by atoms with Gasteiger partial charge in [0.25, 0.3) is 5.91 Å². The molecule has 0 spiro atoms. The Morgan fingerprint density at radius 3 is 2.40 bits per heavy atom. The average Bonchev–Trinajstić information content (AvgIpc) is 3.47. The number of ketones is 1. The predicted octanol–water partition coefficient (Wildman–Crippen LogP) is 4.64. The van der Waals surface area contributed by atoms with Crippen molar-refractivity contribution < 1.29 is 27.9 Å². The number of hydrogen-bond donors (Lipinski definition) is 3. The summed E-state index contributed by atoms with van der Waals surface area (Å²) in [6.45, 7) is 2.78. The van der Waals surface area contributed by atoms with E-state index in [-0.39, 0.29) is 40.5 Å². The molecule has 3 aromatic carbocycles. The zero-order valence-electron chi connectivity index (χ0n) is 22.6. The van der Waals surface area contributed by atoms with Crippen molar-refractivity contribution >= 4 is 44.0 Å². The molecule has 1 heterocycles. The number of benzene rings is 3. The molecule has 10 nitrogen and oxygen atoms in total. The second-order valence-corrected chi connectivity index (χ2v) is 12.9. The summed E-state index contributed by atoms with van der Waals surface area (Å²) >= 11 is 1.29. The molecule has 0 bridgehead atoms. The van der Waals surface area contributed by atoms with E-state index in [1.165, 1.54) is 47.7 Å². The van der Waals surface area contributed by atoms with E-state index in [2.05, 4.69) is 15.6 Å². The van der Waals surface area contributed by atoms with Crippen LogP contribution in [0.2, 0.25) is 0 Å². The molecule has 0 aliphatic heterocycles. The van der Waals surface area contributed by atoms with Crippen molar-refractivity contribution in [1.82, 2.24) is 10.3 Å². The van der Waals surface area contributed by atoms with Gasteiger partial charge in [0.15, 0.2) is 20.8 Å². The number of Topliss-reactive ketones (excluding diaryl/α,β-unsaturated/α-hetero) is 1. The molecule has 0 radical (unpaired) electrons. The van der Waals surface area contributed by atoms with Gasteiger partial charge in [-0.15, -0.1) is 11.3 Å². The quantitative estimate of drug-likeness (QED) is 0.222. The Hall–Kier alpha value is -4.86. The lowest BCUT2D eigenvalue weighted by atomic mass is 9.98. The minimum absolute atomic E-state index is 0.0167. The molecule has 0 aliphatic carbocycles. The maximum Gasteiger partial charge on any atom is 0.335 e. The number of nitriles is 1. The maximum absolute atomic E-state index is 12.5. The molecule has 1 amide bonds. The molecule has 1 aromatic heterocycles. The van der Waals surface area contributed by atoms with Gasteiger partial charge in [0.2, 0.25) is 0 Å². The van der Waals surface area contributed by atoms with Crippen molar-refractivity contribution in [3.63, 3.8) is 0 Å². The van der Waals surface area contributed by atoms with Gasteiger partial charge in [-0.05, 0) is 67.4 Å². The molecule has 0 saturated carbocycles. The Bertz CT molecular complexity index is 1820. The first-order valence-corrected chi connectivity index (χ1v) is 15.1. The SMILES string of the molecule is CC(C)S(=O)(=O)c1cccc(C(=O)NCC(=O)CNc2nc(-c3cccc(-c4cc(C#N)cc(C(=O)O)c4)c3)cs2)c1. The number of nitrogens with one attached hydrogen (secondary N) is 2. The summed E-state index contributed by atoms with van der Waals surface area (Å²) in [5, 5.41) is 25.8. The predicted molar refractivity (Wildman–Crippen MR) is 159 cm³/mol. The summed E-state index contributed by atoms with van der Waals surface area (Å²) in [5.74, 6) is -1.99. The van der Waals surface area contributed by atoms with Gasteiger partial charge in [0, 0.05) is 16.5 Å². The van der Waals surface area contributed by atoms with Crippen LogP contribution in [0.3, 0.4) is 0 Å². The van der Waals surface area contributed by atoms with Crippen LogP contribution in [0.5, 0.6) is 0 Å². The van der Waals surface area contributed by atoms with Gasteiger partial charge >= 0.3 is 5.97 Å². The Kier molecular flexibility index (Phi) is 9.15. The highest BCUT2D eigenvalue weighted by Crippen LogP contribution is 2.30. The van der Waals surface area contributed by atoms with Gasteiger partial charge in [-0.25, -0.2) is 18.2 Å². The van der Waals surface area contributed by atoms with E-state index in [0.29, 0.717) is 22.0 Å². The smallest absolute Gasteiger partial charge is 0.335 e. The van der Waals surface area contributed by atoms with E-state index in [4.69, 9.17) is 0 Å². The lowest BCUT2D eigenvalue weighted by molar-refractivity contribution is -0.116. The number of sulfone groups is 1. The first-order valence-electron chi connectivity index (χ1n) is 12.7. The third-order valence-electron chi connectivity index (χ3n) is 6.23. The number of rotatable bonds is 11. The molecule has 0 atom stereocenters. The molecule has 3 N–H and O–H groups in total. The molecule has 214 valence electrons. The van der Waals surface area contributed by atoms with Crippen molar-refractivity contribution in [3.8, 4) is 28.5 Å². The van der Waals surface area contributed by atoms with Crippen molar-refractivity contribution in [3.05, 3.63) is 88.8 Å². The van der Waals surface area contributed by atoms with Crippen molar-refractivity contribution in [2.75, 3.05) is 18.4 Å². The second-order valence-electron chi connectivity index (χ2n) is 9.53. The molecule has 0 unspecified atom stereocenters. The van der Waals surface area contributed by atoms with Gasteiger partial charge in [0.05, 0.1) is 46.1 Å². The number of thiazole rings is 1. The monoisotopic (exact) mass is 602 g/mol. The number of amides is 1. The largest absolute Gasteiger partial charge is 0.478 e. The van der Waals surface area contributed by atoms with Crippen LogP contribution in [0.15, 0.2) is 77.0 Å². The molecule has 12 heteroatoms. The summed E-state index contributed by atoms with van der Waals surface area (Å²) in [6.07, 6.45) is 0. The van der Waals surface area contributed by atoms with Crippen LogP contribution in [-0.2, 0) is 14.6 Å². The van der Waals surface area contributed by atoms with Gasteiger partial charge < -0.3 is 15.7 Å². The van der Waals surface area contributed by atoms with E-state index in [0.717, 1.165) is 5.56 Å². The van der Waals surface area contributed by atoms with Gasteiger partial charge in [-0.1, -0.05) is 24.3 Å². The van der Waals surface area contributed by atoms with E-state index in [1.54, 1.807) is 31.4 Å².